The number of alkyl halides is 26. The molecule has 0 aromatic carbocycles. The van der Waals surface area contributed by atoms with E-state index in [-0.39, 0.29) is 0 Å². The summed E-state index contributed by atoms with van der Waals surface area (Å²) in [4.78, 5) is 0. The van der Waals surface area contributed by atoms with Gasteiger partial charge in [-0.05, 0) is 24.9 Å². The molecule has 2 nitrogen and oxygen atoms in total. The third-order valence-electron chi connectivity index (χ3n) is 7.26. The van der Waals surface area contributed by atoms with E-state index in [4.69, 9.17) is 10.8 Å². The molecule has 0 atom stereocenters. The van der Waals surface area contributed by atoms with E-state index in [9.17, 15) is 114 Å². The lowest BCUT2D eigenvalue weighted by molar-refractivity contribution is -0.440. The van der Waals surface area contributed by atoms with Crippen molar-refractivity contribution in [2.24, 2.45) is 10.8 Å². The molecule has 0 rings (SSSR count). The van der Waals surface area contributed by atoms with Gasteiger partial charge in [0, 0.05) is 12.8 Å². The molecule has 0 aliphatic carbocycles. The third kappa shape index (κ3) is 8.83. The van der Waals surface area contributed by atoms with Gasteiger partial charge in [-0.3, -0.25) is 0 Å². The molecule has 0 amide bonds. The molecule has 0 bridgehead atoms. The lowest BCUT2D eigenvalue weighted by atomic mass is 9.91. The second-order valence-electron chi connectivity index (χ2n) is 11.4. The highest BCUT2D eigenvalue weighted by molar-refractivity contribution is 6.73. The van der Waals surface area contributed by atoms with E-state index in [2.05, 4.69) is 0 Å². The van der Waals surface area contributed by atoms with E-state index in [1.165, 1.54) is 0 Å². The Morgan fingerprint density at radius 3 is 0.706 bits per heavy atom. The average Bonchev–Trinajstić information content (AvgIpc) is 2.90. The second kappa shape index (κ2) is 14.5. The minimum atomic E-state index is -8.08. The van der Waals surface area contributed by atoms with Gasteiger partial charge in [-0.25, -0.2) is 0 Å². The van der Waals surface area contributed by atoms with Crippen molar-refractivity contribution in [2.75, 3.05) is 0 Å². The molecule has 0 aliphatic heterocycles. The van der Waals surface area contributed by atoms with Crippen molar-refractivity contribution in [3.63, 3.8) is 0 Å². The first-order valence-electron chi connectivity index (χ1n) is 13.4. The minimum Gasteiger partial charge on any atom is -0.339 e. The summed E-state index contributed by atoms with van der Waals surface area (Å²) in [6, 6.07) is -0.964. The van der Waals surface area contributed by atoms with E-state index in [1.54, 1.807) is 0 Å². The van der Waals surface area contributed by atoms with E-state index in [0.717, 1.165) is 0 Å². The first-order chi connectivity index (χ1) is 21.9. The predicted octanol–water partition coefficient (Wildman–Crippen LogP) is 10.9. The number of halogens is 26. The third-order valence-corrected chi connectivity index (χ3v) is 9.83. The zero-order valence-electron chi connectivity index (χ0n) is 24.6. The van der Waals surface area contributed by atoms with Crippen LogP contribution in [0.15, 0.2) is 0 Å². The van der Waals surface area contributed by atoms with Gasteiger partial charge in [0.05, 0.1) is 0 Å². The molecule has 0 aromatic rings. The highest BCUT2D eigenvalue weighted by Crippen LogP contribution is 2.62. The van der Waals surface area contributed by atoms with Crippen LogP contribution in [0.4, 0.5) is 114 Å². The molecule has 0 aromatic heterocycles. The molecule has 0 saturated heterocycles. The van der Waals surface area contributed by atoms with Crippen LogP contribution in [0.5, 0.6) is 0 Å². The topological polar surface area (TPSA) is 52.0 Å². The maximum atomic E-state index is 13.8. The second-order valence-corrected chi connectivity index (χ2v) is 14.8. The van der Waals surface area contributed by atoms with Gasteiger partial charge in [-0.1, -0.05) is 25.7 Å². The fraction of sp³-hybridized carbons (Fsp3) is 1.00. The number of hydrogen-bond acceptors (Lipinski definition) is 2. The maximum Gasteiger partial charge on any atom is 0.460 e. The van der Waals surface area contributed by atoms with Crippen molar-refractivity contribution in [2.45, 2.75) is 135 Å². The summed E-state index contributed by atoms with van der Waals surface area (Å²) < 4.78 is 341. The van der Waals surface area contributed by atoms with Gasteiger partial charge in [0.15, 0.2) is 8.40 Å². The summed E-state index contributed by atoms with van der Waals surface area (Å²) in [6.07, 6.45) is -25.5. The quantitative estimate of drug-likeness (QED) is 0.0729. The van der Waals surface area contributed by atoms with Crippen molar-refractivity contribution in [1.82, 2.24) is 0 Å². The van der Waals surface area contributed by atoms with Gasteiger partial charge in [-0.2, -0.15) is 114 Å². The zero-order chi connectivity index (χ0) is 41.6. The van der Waals surface area contributed by atoms with Crippen molar-refractivity contribution >= 4 is 8.40 Å². The molecule has 0 radical (unpaired) electrons. The van der Waals surface area contributed by atoms with Crippen LogP contribution in [0, 0.1) is 0 Å². The summed E-state index contributed by atoms with van der Waals surface area (Å²) in [5.41, 5.74) is 0. The first-order valence-corrected chi connectivity index (χ1v) is 16.0. The van der Waals surface area contributed by atoms with Crippen molar-refractivity contribution in [3.05, 3.63) is 0 Å². The van der Waals surface area contributed by atoms with Crippen LogP contribution in [-0.4, -0.2) is 80.0 Å². The first kappa shape index (κ1) is 49.3. The normalized spacial score (nSPS) is 16.2. The van der Waals surface area contributed by atoms with Crippen molar-refractivity contribution in [1.29, 1.82) is 0 Å². The van der Waals surface area contributed by atoms with Crippen LogP contribution < -0.4 is 10.8 Å². The molecule has 0 spiro atoms. The highest BCUT2D eigenvalue weighted by atomic mass is 28.3. The molecule has 4 N–H and O–H groups in total. The number of rotatable bonds is 20. The SMILES string of the molecule is N[Si](N)(CCCCCC(F)(F)C(F)(F)C(F)(F)C(F)(F)C(F)(F)C(F)(F)F)CCCCCC(F)(F)C(F)(F)C(F)(F)C(F)(F)C(F)(F)C(F)(F)F. The van der Waals surface area contributed by atoms with E-state index >= 15 is 0 Å². The molecular weight excluding hydrogens is 814 g/mol. The van der Waals surface area contributed by atoms with E-state index in [1.807, 2.05) is 0 Å². The van der Waals surface area contributed by atoms with Crippen LogP contribution >= 0.6 is 0 Å². The molecule has 0 unspecified atom stereocenters. The highest BCUT2D eigenvalue weighted by Gasteiger charge is 2.91. The van der Waals surface area contributed by atoms with Crippen molar-refractivity contribution in [3.8, 4) is 0 Å². The molecule has 0 saturated carbocycles. The Hall–Kier alpha value is -1.68. The monoisotopic (exact) mass is 838 g/mol. The van der Waals surface area contributed by atoms with Gasteiger partial charge in [0.25, 0.3) is 0 Å². The number of hydrogen-bond donors (Lipinski definition) is 2. The molecular formula is C22H24F26N2Si. The van der Waals surface area contributed by atoms with Crippen molar-refractivity contribution < 1.29 is 114 Å². The Balaban J connectivity index is 5.21. The molecule has 0 heterocycles. The van der Waals surface area contributed by atoms with E-state index in [0.29, 0.717) is 0 Å². The predicted molar refractivity (Wildman–Crippen MR) is 122 cm³/mol. The largest absolute Gasteiger partial charge is 0.460 e. The molecule has 308 valence electrons. The fourth-order valence-corrected chi connectivity index (χ4v) is 6.07. The Kier molecular flexibility index (Phi) is 14.0. The maximum absolute atomic E-state index is 13.8. The minimum absolute atomic E-state index is 0.482. The Morgan fingerprint density at radius 2 is 0.490 bits per heavy atom. The lowest BCUT2D eigenvalue weighted by Crippen LogP contribution is -2.70. The number of unbranched alkanes of at least 4 members (excludes halogenated alkanes) is 4. The zero-order valence-corrected chi connectivity index (χ0v) is 25.6. The van der Waals surface area contributed by atoms with E-state index < -0.39 is 143 Å². The van der Waals surface area contributed by atoms with Gasteiger partial charge in [-0.15, -0.1) is 0 Å². The summed E-state index contributed by atoms with van der Waals surface area (Å²) in [7, 11) is -3.65. The molecule has 29 heteroatoms. The summed E-state index contributed by atoms with van der Waals surface area (Å²) in [5, 5.41) is 11.3. The Labute approximate surface area is 269 Å². The number of nitrogens with two attached hydrogens (primary N) is 2. The summed E-state index contributed by atoms with van der Waals surface area (Å²) in [6.45, 7) is 0. The molecule has 51 heavy (non-hydrogen) atoms. The molecule has 0 fully saturated rings. The van der Waals surface area contributed by atoms with Gasteiger partial charge in [0.1, 0.15) is 0 Å². The van der Waals surface area contributed by atoms with Gasteiger partial charge < -0.3 is 10.8 Å². The summed E-state index contributed by atoms with van der Waals surface area (Å²) in [5.74, 6) is -75.6. The van der Waals surface area contributed by atoms with Crippen LogP contribution in [0.3, 0.4) is 0 Å². The van der Waals surface area contributed by atoms with Gasteiger partial charge in [0.2, 0.25) is 0 Å². The standard InChI is InChI=1S/C22H24F26N2Si/c23-11(24,13(27,28)15(31,32)17(35,36)19(39,40)21(43,44)45)7-3-1-5-9-51(49,50)10-6-2-4-8-12(25,26)14(29,30)16(33,34)18(37,38)20(41,42)22(46,47)48/h1-10,49-50H2. The molecule has 0 aliphatic rings. The van der Waals surface area contributed by atoms with Crippen LogP contribution in [0.25, 0.3) is 0 Å². The average molecular weight is 838 g/mol. The van der Waals surface area contributed by atoms with Crippen LogP contribution in [0.1, 0.15) is 51.4 Å². The Morgan fingerprint density at radius 1 is 0.275 bits per heavy atom. The van der Waals surface area contributed by atoms with Gasteiger partial charge >= 0.3 is 71.6 Å². The Bertz CT molecular complexity index is 1050. The lowest BCUT2D eigenvalue weighted by Gasteiger charge is -2.39. The summed E-state index contributed by atoms with van der Waals surface area (Å²) >= 11 is 0. The van der Waals surface area contributed by atoms with Crippen LogP contribution in [0.2, 0.25) is 12.1 Å². The smallest absolute Gasteiger partial charge is 0.339 e. The fourth-order valence-electron chi connectivity index (χ4n) is 4.00. The van der Waals surface area contributed by atoms with Crippen LogP contribution in [-0.2, 0) is 0 Å².